The lowest BCUT2D eigenvalue weighted by atomic mass is 10.2. The van der Waals surface area contributed by atoms with Gasteiger partial charge in [0.1, 0.15) is 17.5 Å². The van der Waals surface area contributed by atoms with Gasteiger partial charge in [-0.3, -0.25) is 4.79 Å². The van der Waals surface area contributed by atoms with Crippen LogP contribution < -0.4 is 20.1 Å². The smallest absolute Gasteiger partial charge is 0.246 e. The highest BCUT2D eigenvalue weighted by molar-refractivity contribution is 5.96. The van der Waals surface area contributed by atoms with E-state index >= 15 is 0 Å². The van der Waals surface area contributed by atoms with Gasteiger partial charge in [-0.15, -0.1) is 0 Å². The van der Waals surface area contributed by atoms with E-state index in [9.17, 15) is 4.79 Å². The van der Waals surface area contributed by atoms with Crippen LogP contribution in [0.15, 0.2) is 42.5 Å². The number of rotatable bonds is 6. The van der Waals surface area contributed by atoms with E-state index in [2.05, 4.69) is 10.6 Å². The number of carbonyl (C=O) groups excluding carboxylic acids is 1. The second-order valence-corrected chi connectivity index (χ2v) is 5.11. The highest BCUT2D eigenvalue weighted by Gasteiger charge is 2.15. The molecule has 24 heavy (non-hydrogen) atoms. The summed E-state index contributed by atoms with van der Waals surface area (Å²) in [5.41, 5.74) is 1.76. The van der Waals surface area contributed by atoms with E-state index in [0.717, 1.165) is 0 Å². The number of nitrogens with one attached hydrogen (secondary N) is 2. The minimum absolute atomic E-state index is 0.219. The summed E-state index contributed by atoms with van der Waals surface area (Å²) in [5, 5.41) is 14.8. The second kappa shape index (κ2) is 7.88. The Hall–Kier alpha value is -3.20. The summed E-state index contributed by atoms with van der Waals surface area (Å²) in [6.07, 6.45) is 0. The average Bonchev–Trinajstić information content (AvgIpc) is 2.62. The largest absolute Gasteiger partial charge is 0.497 e. The van der Waals surface area contributed by atoms with Crippen LogP contribution in [0.25, 0.3) is 0 Å². The molecule has 0 heterocycles. The van der Waals surface area contributed by atoms with Gasteiger partial charge < -0.3 is 20.1 Å². The van der Waals surface area contributed by atoms with Crippen molar-refractivity contribution in [1.29, 1.82) is 5.26 Å². The monoisotopic (exact) mass is 325 g/mol. The van der Waals surface area contributed by atoms with Gasteiger partial charge in [-0.25, -0.2) is 0 Å². The zero-order valence-electron chi connectivity index (χ0n) is 13.8. The first-order valence-electron chi connectivity index (χ1n) is 7.37. The molecular weight excluding hydrogens is 306 g/mol. The Kier molecular flexibility index (Phi) is 5.63. The van der Waals surface area contributed by atoms with E-state index < -0.39 is 6.04 Å². The van der Waals surface area contributed by atoms with Gasteiger partial charge in [-0.05, 0) is 37.3 Å². The molecule has 2 N–H and O–H groups in total. The third kappa shape index (κ3) is 4.17. The van der Waals surface area contributed by atoms with Crippen molar-refractivity contribution >= 4 is 17.3 Å². The van der Waals surface area contributed by atoms with Crippen molar-refractivity contribution in [3.63, 3.8) is 0 Å². The standard InChI is InChI=1S/C18H19N3O3/c1-12(18(22)21-14-6-4-5-13(9-14)11-19)20-16-8-7-15(23-2)10-17(16)24-3/h4-10,12,20H,1-3H3,(H,21,22). The molecule has 0 radical (unpaired) electrons. The Morgan fingerprint density at radius 3 is 2.62 bits per heavy atom. The molecule has 0 aromatic heterocycles. The molecule has 1 atom stereocenters. The van der Waals surface area contributed by atoms with Crippen molar-refractivity contribution in [3.8, 4) is 17.6 Å². The van der Waals surface area contributed by atoms with E-state index in [0.29, 0.717) is 28.4 Å². The summed E-state index contributed by atoms with van der Waals surface area (Å²) in [6, 6.07) is 13.6. The van der Waals surface area contributed by atoms with Gasteiger partial charge in [0.25, 0.3) is 0 Å². The van der Waals surface area contributed by atoms with Gasteiger partial charge in [0, 0.05) is 11.8 Å². The first-order valence-corrected chi connectivity index (χ1v) is 7.37. The fourth-order valence-corrected chi connectivity index (χ4v) is 2.13. The molecule has 2 aromatic carbocycles. The maximum atomic E-state index is 12.3. The van der Waals surface area contributed by atoms with Gasteiger partial charge in [0.15, 0.2) is 0 Å². The van der Waals surface area contributed by atoms with Crippen LogP contribution in [0.4, 0.5) is 11.4 Å². The van der Waals surface area contributed by atoms with Crippen LogP contribution in [0, 0.1) is 11.3 Å². The summed E-state index contributed by atoms with van der Waals surface area (Å²) in [5.74, 6) is 1.03. The maximum Gasteiger partial charge on any atom is 0.246 e. The number of amides is 1. The number of hydrogen-bond donors (Lipinski definition) is 2. The van der Waals surface area contributed by atoms with Gasteiger partial charge in [0.05, 0.1) is 31.5 Å². The maximum absolute atomic E-state index is 12.3. The molecule has 0 saturated heterocycles. The van der Waals surface area contributed by atoms with E-state index in [1.807, 2.05) is 6.07 Å². The number of benzene rings is 2. The van der Waals surface area contributed by atoms with Gasteiger partial charge in [-0.1, -0.05) is 6.07 Å². The first-order chi connectivity index (χ1) is 11.6. The Morgan fingerprint density at radius 2 is 1.96 bits per heavy atom. The number of methoxy groups -OCH3 is 2. The third-order valence-corrected chi connectivity index (χ3v) is 3.43. The summed E-state index contributed by atoms with van der Waals surface area (Å²) >= 11 is 0. The predicted molar refractivity (Wildman–Crippen MR) is 92.4 cm³/mol. The van der Waals surface area contributed by atoms with Crippen molar-refractivity contribution in [3.05, 3.63) is 48.0 Å². The van der Waals surface area contributed by atoms with Crippen molar-refractivity contribution in [2.75, 3.05) is 24.9 Å². The molecule has 1 amide bonds. The highest BCUT2D eigenvalue weighted by atomic mass is 16.5. The zero-order chi connectivity index (χ0) is 17.5. The molecular formula is C18H19N3O3. The minimum atomic E-state index is -0.502. The number of ether oxygens (including phenoxy) is 2. The number of nitriles is 1. The van der Waals surface area contributed by atoms with Crippen LogP contribution in [0.3, 0.4) is 0 Å². The molecule has 6 heteroatoms. The number of carbonyl (C=O) groups is 1. The summed E-state index contributed by atoms with van der Waals surface area (Å²) in [7, 11) is 3.13. The van der Waals surface area contributed by atoms with E-state index in [-0.39, 0.29) is 5.91 Å². The van der Waals surface area contributed by atoms with Crippen LogP contribution in [0.2, 0.25) is 0 Å². The zero-order valence-corrected chi connectivity index (χ0v) is 13.8. The quantitative estimate of drug-likeness (QED) is 0.853. The number of anilines is 2. The van der Waals surface area contributed by atoms with Crippen LogP contribution in [-0.4, -0.2) is 26.2 Å². The molecule has 0 aliphatic carbocycles. The average molecular weight is 325 g/mol. The summed E-state index contributed by atoms with van der Waals surface area (Å²) in [6.45, 7) is 1.74. The molecule has 2 aromatic rings. The topological polar surface area (TPSA) is 83.4 Å². The SMILES string of the molecule is COc1ccc(NC(C)C(=O)Nc2cccc(C#N)c2)c(OC)c1. The summed E-state index contributed by atoms with van der Waals surface area (Å²) < 4.78 is 10.5. The van der Waals surface area contributed by atoms with Crippen LogP contribution in [-0.2, 0) is 4.79 Å². The molecule has 0 aliphatic heterocycles. The minimum Gasteiger partial charge on any atom is -0.497 e. The van der Waals surface area contributed by atoms with Crippen molar-refractivity contribution in [2.45, 2.75) is 13.0 Å². The van der Waals surface area contributed by atoms with E-state index in [1.54, 1.807) is 63.6 Å². The Balaban J connectivity index is 2.07. The first kappa shape index (κ1) is 17.2. The molecule has 0 aliphatic rings. The van der Waals surface area contributed by atoms with E-state index in [4.69, 9.17) is 14.7 Å². The molecule has 0 saturated carbocycles. The fourth-order valence-electron chi connectivity index (χ4n) is 2.13. The van der Waals surface area contributed by atoms with Crippen molar-refractivity contribution < 1.29 is 14.3 Å². The van der Waals surface area contributed by atoms with Gasteiger partial charge in [0.2, 0.25) is 5.91 Å². The molecule has 6 nitrogen and oxygen atoms in total. The molecule has 0 spiro atoms. The number of hydrogen-bond acceptors (Lipinski definition) is 5. The lowest BCUT2D eigenvalue weighted by Crippen LogP contribution is -2.32. The van der Waals surface area contributed by atoms with E-state index in [1.165, 1.54) is 0 Å². The lowest BCUT2D eigenvalue weighted by Gasteiger charge is -2.18. The fraction of sp³-hybridized carbons (Fsp3) is 0.222. The molecule has 1 unspecified atom stereocenters. The lowest BCUT2D eigenvalue weighted by molar-refractivity contribution is -0.116. The normalized spacial score (nSPS) is 11.1. The van der Waals surface area contributed by atoms with Crippen LogP contribution in [0.5, 0.6) is 11.5 Å². The third-order valence-electron chi connectivity index (χ3n) is 3.43. The molecule has 0 bridgehead atoms. The Morgan fingerprint density at radius 1 is 1.17 bits per heavy atom. The van der Waals surface area contributed by atoms with Crippen LogP contribution in [0.1, 0.15) is 12.5 Å². The van der Waals surface area contributed by atoms with Crippen molar-refractivity contribution in [2.24, 2.45) is 0 Å². The second-order valence-electron chi connectivity index (χ2n) is 5.11. The molecule has 2 rings (SSSR count). The van der Waals surface area contributed by atoms with Gasteiger partial charge >= 0.3 is 0 Å². The van der Waals surface area contributed by atoms with Crippen molar-refractivity contribution in [1.82, 2.24) is 0 Å². The summed E-state index contributed by atoms with van der Waals surface area (Å²) in [4.78, 5) is 12.3. The Bertz CT molecular complexity index is 768. The predicted octanol–water partition coefficient (Wildman–Crippen LogP) is 3.01. The van der Waals surface area contributed by atoms with Gasteiger partial charge in [-0.2, -0.15) is 5.26 Å². The Labute approximate surface area is 141 Å². The molecule has 124 valence electrons. The molecule has 0 fully saturated rings. The van der Waals surface area contributed by atoms with Crippen LogP contribution >= 0.6 is 0 Å². The highest BCUT2D eigenvalue weighted by Crippen LogP contribution is 2.29. The number of nitrogens with zero attached hydrogens (tertiary/aromatic N) is 1.